The molecule has 0 aliphatic carbocycles. The van der Waals surface area contributed by atoms with E-state index in [1.165, 1.54) is 7.11 Å². The second-order valence-corrected chi connectivity index (χ2v) is 7.89. The minimum Gasteiger partial charge on any atom is -0.467 e. The summed E-state index contributed by atoms with van der Waals surface area (Å²) in [6.45, 7) is 5.68. The quantitative estimate of drug-likeness (QED) is 0.663. The molecule has 1 aromatic carbocycles. The Labute approximate surface area is 171 Å². The molecule has 156 valence electrons. The third-order valence-electron chi connectivity index (χ3n) is 3.87. The van der Waals surface area contributed by atoms with E-state index in [1.54, 1.807) is 38.8 Å². The summed E-state index contributed by atoms with van der Waals surface area (Å²) in [6, 6.07) is 6.51. The summed E-state index contributed by atoms with van der Waals surface area (Å²) in [6.07, 6.45) is 0.137. The number of nitrogens with one attached hydrogen (secondary N) is 1. The van der Waals surface area contributed by atoms with Crippen molar-refractivity contribution < 1.29 is 23.9 Å². The van der Waals surface area contributed by atoms with Gasteiger partial charge in [-0.05, 0) is 51.3 Å². The molecule has 8 heteroatoms. The van der Waals surface area contributed by atoms with E-state index >= 15 is 0 Å². The number of carbonyl (C=O) groups excluding carboxylic acids is 3. The van der Waals surface area contributed by atoms with Crippen molar-refractivity contribution in [3.8, 4) is 0 Å². The minimum absolute atomic E-state index is 0.0849. The molecular weight excluding hydrogens is 384 g/mol. The lowest BCUT2D eigenvalue weighted by Gasteiger charge is -2.23. The lowest BCUT2D eigenvalue weighted by Crippen LogP contribution is -2.44. The Morgan fingerprint density at radius 2 is 1.93 bits per heavy atom. The molecule has 1 atom stereocenters. The van der Waals surface area contributed by atoms with Crippen molar-refractivity contribution in [3.63, 3.8) is 0 Å². The number of benzene rings is 1. The van der Waals surface area contributed by atoms with Crippen LogP contribution in [0.5, 0.6) is 0 Å². The zero-order valence-corrected chi connectivity index (χ0v) is 17.8. The molecular formula is C20H29ClN2O5. The highest BCUT2D eigenvalue weighted by atomic mass is 35.5. The second kappa shape index (κ2) is 10.9. The van der Waals surface area contributed by atoms with Crippen molar-refractivity contribution in [2.24, 2.45) is 0 Å². The minimum atomic E-state index is -0.954. The molecule has 0 bridgehead atoms. The molecule has 28 heavy (non-hydrogen) atoms. The number of halogens is 1. The molecule has 0 spiro atoms. The highest BCUT2D eigenvalue weighted by molar-refractivity contribution is 6.30. The zero-order chi connectivity index (χ0) is 21.3. The zero-order valence-electron chi connectivity index (χ0n) is 17.1. The second-order valence-electron chi connectivity index (χ2n) is 7.46. The van der Waals surface area contributed by atoms with Crippen LogP contribution in [0.2, 0.25) is 5.02 Å². The summed E-state index contributed by atoms with van der Waals surface area (Å²) >= 11 is 5.96. The molecule has 0 fully saturated rings. The van der Waals surface area contributed by atoms with Crippen molar-refractivity contribution in [2.75, 3.05) is 20.7 Å². The summed E-state index contributed by atoms with van der Waals surface area (Å²) in [5.74, 6) is -0.762. The van der Waals surface area contributed by atoms with Crippen LogP contribution in [0.25, 0.3) is 0 Å². The van der Waals surface area contributed by atoms with Crippen molar-refractivity contribution in [1.82, 2.24) is 10.2 Å². The Morgan fingerprint density at radius 1 is 1.25 bits per heavy atom. The van der Waals surface area contributed by atoms with Gasteiger partial charge in [-0.1, -0.05) is 23.7 Å². The average Bonchev–Trinajstić information content (AvgIpc) is 2.60. The number of methoxy groups -OCH3 is 1. The maximum Gasteiger partial charge on any atom is 0.408 e. The smallest absolute Gasteiger partial charge is 0.408 e. The van der Waals surface area contributed by atoms with E-state index in [0.29, 0.717) is 18.0 Å². The molecule has 0 radical (unpaired) electrons. The Balaban J connectivity index is 2.54. The van der Waals surface area contributed by atoms with E-state index in [2.05, 4.69) is 5.32 Å². The summed E-state index contributed by atoms with van der Waals surface area (Å²) in [5.41, 5.74) is 0.340. The summed E-state index contributed by atoms with van der Waals surface area (Å²) < 4.78 is 9.86. The van der Waals surface area contributed by atoms with E-state index in [0.717, 1.165) is 5.56 Å². The predicted octanol–water partition coefficient (Wildman–Crippen LogP) is 3.19. The summed E-state index contributed by atoms with van der Waals surface area (Å²) in [7, 11) is 2.92. The lowest BCUT2D eigenvalue weighted by atomic mass is 10.1. The van der Waals surface area contributed by atoms with E-state index in [-0.39, 0.29) is 18.7 Å². The van der Waals surface area contributed by atoms with Crippen LogP contribution in [0, 0.1) is 0 Å². The number of hydrogen-bond acceptors (Lipinski definition) is 5. The number of hydrogen-bond donors (Lipinski definition) is 1. The standard InChI is InChI=1S/C20H29ClN2O5/c1-20(2,3)28-19(26)22-16(18(25)27-5)9-10-17(24)23(4)12-11-14-7-6-8-15(21)13-14/h6-8,13,16H,9-12H2,1-5H3,(H,22,26). The lowest BCUT2D eigenvalue weighted by molar-refractivity contribution is -0.143. The maximum absolute atomic E-state index is 12.4. The number of rotatable bonds is 8. The van der Waals surface area contributed by atoms with Crippen LogP contribution in [0.4, 0.5) is 4.79 Å². The van der Waals surface area contributed by atoms with Gasteiger partial charge in [-0.3, -0.25) is 4.79 Å². The number of likely N-dealkylation sites (N-methyl/N-ethyl adjacent to an activating group) is 1. The van der Waals surface area contributed by atoms with Crippen LogP contribution in [-0.2, 0) is 25.5 Å². The van der Waals surface area contributed by atoms with Gasteiger partial charge >= 0.3 is 12.1 Å². The van der Waals surface area contributed by atoms with Gasteiger partial charge in [0.1, 0.15) is 11.6 Å². The summed E-state index contributed by atoms with van der Waals surface area (Å²) in [4.78, 5) is 37.8. The number of nitrogens with zero attached hydrogens (tertiary/aromatic N) is 1. The van der Waals surface area contributed by atoms with E-state index < -0.39 is 23.7 Å². The maximum atomic E-state index is 12.4. The predicted molar refractivity (Wildman–Crippen MR) is 107 cm³/mol. The topological polar surface area (TPSA) is 84.9 Å². The largest absolute Gasteiger partial charge is 0.467 e. The molecule has 1 unspecified atom stereocenters. The molecule has 1 rings (SSSR count). The van der Waals surface area contributed by atoms with Gasteiger partial charge in [-0.2, -0.15) is 0 Å². The van der Waals surface area contributed by atoms with Crippen LogP contribution in [0.15, 0.2) is 24.3 Å². The molecule has 0 aliphatic rings. The molecule has 1 aromatic rings. The van der Waals surface area contributed by atoms with E-state index in [4.69, 9.17) is 21.1 Å². The van der Waals surface area contributed by atoms with Gasteiger partial charge in [0.15, 0.2) is 0 Å². The normalized spacial score (nSPS) is 12.1. The molecule has 0 saturated heterocycles. The monoisotopic (exact) mass is 412 g/mol. The van der Waals surface area contributed by atoms with Crippen LogP contribution in [-0.4, -0.2) is 55.2 Å². The first-order valence-electron chi connectivity index (χ1n) is 9.07. The Morgan fingerprint density at radius 3 is 2.50 bits per heavy atom. The van der Waals surface area contributed by atoms with E-state index in [9.17, 15) is 14.4 Å². The fourth-order valence-electron chi connectivity index (χ4n) is 2.41. The van der Waals surface area contributed by atoms with Crippen molar-refractivity contribution in [2.45, 2.75) is 51.7 Å². The Bertz CT molecular complexity index is 687. The van der Waals surface area contributed by atoms with Gasteiger partial charge in [0.2, 0.25) is 5.91 Å². The van der Waals surface area contributed by atoms with Crippen molar-refractivity contribution in [3.05, 3.63) is 34.9 Å². The molecule has 2 amide bonds. The van der Waals surface area contributed by atoms with Crippen molar-refractivity contribution in [1.29, 1.82) is 0 Å². The van der Waals surface area contributed by atoms with Gasteiger partial charge in [0.25, 0.3) is 0 Å². The third-order valence-corrected chi connectivity index (χ3v) is 4.11. The first-order valence-corrected chi connectivity index (χ1v) is 9.45. The highest BCUT2D eigenvalue weighted by Crippen LogP contribution is 2.12. The first-order chi connectivity index (χ1) is 13.0. The number of esters is 1. The molecule has 0 saturated carbocycles. The Kier molecular flexibility index (Phi) is 9.25. The van der Waals surface area contributed by atoms with Gasteiger partial charge in [-0.25, -0.2) is 9.59 Å². The fourth-order valence-corrected chi connectivity index (χ4v) is 2.63. The molecule has 1 N–H and O–H groups in total. The molecule has 7 nitrogen and oxygen atoms in total. The molecule has 0 heterocycles. The van der Waals surface area contributed by atoms with Crippen LogP contribution in [0.3, 0.4) is 0 Å². The van der Waals surface area contributed by atoms with Gasteiger partial charge in [-0.15, -0.1) is 0 Å². The van der Waals surface area contributed by atoms with Crippen LogP contribution >= 0.6 is 11.6 Å². The van der Waals surface area contributed by atoms with Gasteiger partial charge in [0.05, 0.1) is 7.11 Å². The van der Waals surface area contributed by atoms with Crippen LogP contribution in [0.1, 0.15) is 39.2 Å². The molecule has 0 aromatic heterocycles. The summed E-state index contributed by atoms with van der Waals surface area (Å²) in [5, 5.41) is 3.11. The van der Waals surface area contributed by atoms with Crippen molar-refractivity contribution >= 4 is 29.6 Å². The first kappa shape index (κ1) is 23.8. The third kappa shape index (κ3) is 9.08. The van der Waals surface area contributed by atoms with E-state index in [1.807, 2.05) is 18.2 Å². The SMILES string of the molecule is COC(=O)C(CCC(=O)N(C)CCc1cccc(Cl)c1)NC(=O)OC(C)(C)C. The van der Waals surface area contributed by atoms with Gasteiger partial charge < -0.3 is 19.7 Å². The highest BCUT2D eigenvalue weighted by Gasteiger charge is 2.26. The van der Waals surface area contributed by atoms with Crippen LogP contribution < -0.4 is 5.32 Å². The number of alkyl carbamates (subject to hydrolysis) is 1. The Hall–Kier alpha value is -2.28. The number of amides is 2. The molecule has 0 aliphatic heterocycles. The van der Waals surface area contributed by atoms with Gasteiger partial charge in [0, 0.05) is 25.0 Å². The number of ether oxygens (including phenoxy) is 2. The average molecular weight is 413 g/mol. The number of carbonyl (C=O) groups is 3. The fraction of sp³-hybridized carbons (Fsp3) is 0.550.